The molecule has 2 atom stereocenters. The van der Waals surface area contributed by atoms with E-state index in [1.165, 1.54) is 18.4 Å². The van der Waals surface area contributed by atoms with Gasteiger partial charge in [-0.2, -0.15) is 0 Å². The second-order valence-corrected chi connectivity index (χ2v) is 6.95. The lowest BCUT2D eigenvalue weighted by Gasteiger charge is -2.36. The SMILES string of the molecule is C1=C2NC3CCC4(CCCO4)CC3=C2N=C(c2ccccc2)N1. The summed E-state index contributed by atoms with van der Waals surface area (Å²) in [5.74, 6) is 0.936. The number of rotatable bonds is 1. The smallest absolute Gasteiger partial charge is 0.138 e. The van der Waals surface area contributed by atoms with Crippen LogP contribution in [0.5, 0.6) is 0 Å². The Kier molecular flexibility index (Phi) is 2.89. The van der Waals surface area contributed by atoms with Gasteiger partial charge in [0.25, 0.3) is 0 Å². The Morgan fingerprint density at radius 2 is 2.09 bits per heavy atom. The lowest BCUT2D eigenvalue weighted by molar-refractivity contribution is -0.0145. The Morgan fingerprint density at radius 1 is 1.17 bits per heavy atom. The van der Waals surface area contributed by atoms with Crippen LogP contribution in [0.25, 0.3) is 0 Å². The quantitative estimate of drug-likeness (QED) is 0.838. The van der Waals surface area contributed by atoms with Crippen LogP contribution in [0.3, 0.4) is 0 Å². The van der Waals surface area contributed by atoms with Gasteiger partial charge in [-0.3, -0.25) is 0 Å². The van der Waals surface area contributed by atoms with Crippen molar-refractivity contribution in [1.29, 1.82) is 0 Å². The van der Waals surface area contributed by atoms with Crippen LogP contribution in [0.4, 0.5) is 0 Å². The molecule has 1 spiro atoms. The van der Waals surface area contributed by atoms with E-state index in [4.69, 9.17) is 9.73 Å². The first-order chi connectivity index (χ1) is 11.3. The summed E-state index contributed by atoms with van der Waals surface area (Å²) in [6, 6.07) is 10.8. The van der Waals surface area contributed by atoms with Crippen LogP contribution in [0.15, 0.2) is 58.5 Å². The molecule has 1 aliphatic carbocycles. The zero-order valence-corrected chi connectivity index (χ0v) is 13.1. The van der Waals surface area contributed by atoms with E-state index in [1.54, 1.807) is 0 Å². The molecule has 1 saturated carbocycles. The number of nitrogens with one attached hydrogen (secondary N) is 2. The Morgan fingerprint density at radius 3 is 2.91 bits per heavy atom. The predicted octanol–water partition coefficient (Wildman–Crippen LogP) is 2.84. The number of hydrogen-bond donors (Lipinski definition) is 2. The number of fused-ring (bicyclic) bond motifs is 2. The Balaban J connectivity index is 1.54. The summed E-state index contributed by atoms with van der Waals surface area (Å²) in [7, 11) is 0. The van der Waals surface area contributed by atoms with Gasteiger partial charge in [-0.1, -0.05) is 30.3 Å². The van der Waals surface area contributed by atoms with Gasteiger partial charge in [-0.25, -0.2) is 4.99 Å². The van der Waals surface area contributed by atoms with Crippen molar-refractivity contribution in [3.05, 3.63) is 59.1 Å². The van der Waals surface area contributed by atoms with Gasteiger partial charge in [0.15, 0.2) is 0 Å². The summed E-state index contributed by atoms with van der Waals surface area (Å²) in [6.45, 7) is 0.920. The minimum Gasteiger partial charge on any atom is -0.376 e. The van der Waals surface area contributed by atoms with E-state index in [0.29, 0.717) is 6.04 Å². The summed E-state index contributed by atoms with van der Waals surface area (Å²) in [4.78, 5) is 4.95. The van der Waals surface area contributed by atoms with E-state index in [-0.39, 0.29) is 5.60 Å². The van der Waals surface area contributed by atoms with Gasteiger partial charge >= 0.3 is 0 Å². The zero-order chi connectivity index (χ0) is 15.3. The molecule has 3 heterocycles. The fourth-order valence-electron chi connectivity index (χ4n) is 4.34. The molecule has 1 aromatic carbocycles. The first-order valence-electron chi connectivity index (χ1n) is 8.58. The monoisotopic (exact) mass is 307 g/mol. The number of ether oxygens (including phenoxy) is 1. The zero-order valence-electron chi connectivity index (χ0n) is 13.1. The Hall–Kier alpha value is -2.07. The van der Waals surface area contributed by atoms with E-state index < -0.39 is 0 Å². The number of nitrogens with zero attached hydrogens (tertiary/aromatic N) is 1. The third-order valence-electron chi connectivity index (χ3n) is 5.52. The molecule has 4 nitrogen and oxygen atoms in total. The largest absolute Gasteiger partial charge is 0.376 e. The summed E-state index contributed by atoms with van der Waals surface area (Å²) in [6.07, 6.45) is 7.80. The second kappa shape index (κ2) is 4.96. The maximum atomic E-state index is 6.14. The fraction of sp³-hybridized carbons (Fsp3) is 0.421. The number of benzene rings is 1. The molecule has 4 aliphatic rings. The van der Waals surface area contributed by atoms with E-state index in [2.05, 4.69) is 29.0 Å². The van der Waals surface area contributed by atoms with Gasteiger partial charge in [-0.15, -0.1) is 0 Å². The molecule has 0 bridgehead atoms. The fourth-order valence-corrected chi connectivity index (χ4v) is 4.34. The molecule has 118 valence electrons. The van der Waals surface area contributed by atoms with Gasteiger partial charge in [-0.05, 0) is 31.3 Å². The number of aliphatic imine (C=N–C) groups is 1. The molecule has 5 rings (SSSR count). The number of amidine groups is 1. The van der Waals surface area contributed by atoms with Crippen molar-refractivity contribution < 1.29 is 4.74 Å². The summed E-state index contributed by atoms with van der Waals surface area (Å²) < 4.78 is 6.14. The predicted molar refractivity (Wildman–Crippen MR) is 89.9 cm³/mol. The maximum Gasteiger partial charge on any atom is 0.138 e. The van der Waals surface area contributed by atoms with Crippen molar-refractivity contribution in [2.45, 2.75) is 43.7 Å². The molecular formula is C19H21N3O. The van der Waals surface area contributed by atoms with Crippen molar-refractivity contribution in [2.24, 2.45) is 4.99 Å². The Bertz CT molecular complexity index is 726. The van der Waals surface area contributed by atoms with Crippen molar-refractivity contribution in [2.75, 3.05) is 6.61 Å². The van der Waals surface area contributed by atoms with Crippen molar-refractivity contribution in [1.82, 2.24) is 10.6 Å². The molecular weight excluding hydrogens is 286 g/mol. The molecule has 1 aromatic rings. The average molecular weight is 307 g/mol. The lowest BCUT2D eigenvalue weighted by atomic mass is 9.77. The van der Waals surface area contributed by atoms with Gasteiger partial charge in [0.1, 0.15) is 5.84 Å². The minimum atomic E-state index is 0.0866. The molecule has 0 radical (unpaired) electrons. The minimum absolute atomic E-state index is 0.0866. The van der Waals surface area contributed by atoms with Crippen LogP contribution in [0, 0.1) is 0 Å². The van der Waals surface area contributed by atoms with Crippen LogP contribution < -0.4 is 10.6 Å². The molecule has 4 heteroatoms. The second-order valence-electron chi connectivity index (χ2n) is 6.95. The molecule has 2 N–H and O–H groups in total. The first-order valence-corrected chi connectivity index (χ1v) is 8.58. The highest BCUT2D eigenvalue weighted by Crippen LogP contribution is 2.46. The van der Waals surface area contributed by atoms with Gasteiger partial charge in [0.2, 0.25) is 0 Å². The van der Waals surface area contributed by atoms with Crippen molar-refractivity contribution >= 4 is 5.84 Å². The van der Waals surface area contributed by atoms with E-state index in [0.717, 1.165) is 48.7 Å². The van der Waals surface area contributed by atoms with Crippen molar-refractivity contribution in [3.63, 3.8) is 0 Å². The van der Waals surface area contributed by atoms with Crippen molar-refractivity contribution in [3.8, 4) is 0 Å². The highest BCUT2D eigenvalue weighted by molar-refractivity contribution is 6.01. The van der Waals surface area contributed by atoms with E-state index >= 15 is 0 Å². The van der Waals surface area contributed by atoms with Gasteiger partial charge < -0.3 is 15.4 Å². The highest BCUT2D eigenvalue weighted by atomic mass is 16.5. The number of hydrogen-bond acceptors (Lipinski definition) is 4. The molecule has 0 aromatic heterocycles. The van der Waals surface area contributed by atoms with Crippen LogP contribution in [-0.4, -0.2) is 24.1 Å². The van der Waals surface area contributed by atoms with Crippen LogP contribution in [-0.2, 0) is 4.74 Å². The van der Waals surface area contributed by atoms with E-state index in [1.807, 2.05) is 18.2 Å². The molecule has 2 unspecified atom stereocenters. The van der Waals surface area contributed by atoms with Crippen LogP contribution >= 0.6 is 0 Å². The molecule has 1 saturated heterocycles. The van der Waals surface area contributed by atoms with Gasteiger partial charge in [0.05, 0.1) is 23.0 Å². The molecule has 2 fully saturated rings. The molecule has 0 amide bonds. The molecule has 3 aliphatic heterocycles. The summed E-state index contributed by atoms with van der Waals surface area (Å²) >= 11 is 0. The van der Waals surface area contributed by atoms with E-state index in [9.17, 15) is 0 Å². The first kappa shape index (κ1) is 13.4. The maximum absolute atomic E-state index is 6.14. The topological polar surface area (TPSA) is 45.6 Å². The molecule has 23 heavy (non-hydrogen) atoms. The normalized spacial score (nSPS) is 31.9. The standard InChI is InChI=1S/C19H21N3O/c1-2-5-13(6-3-1)18-20-12-16-17(22-18)14-11-19(8-4-10-23-19)9-7-15(14)21-16/h1-3,5-6,12,15,21H,4,7-11H2,(H,20,22). The highest BCUT2D eigenvalue weighted by Gasteiger charge is 2.45. The summed E-state index contributed by atoms with van der Waals surface area (Å²) in [5, 5.41) is 6.97. The third-order valence-corrected chi connectivity index (χ3v) is 5.52. The third kappa shape index (κ3) is 2.12. The van der Waals surface area contributed by atoms with Crippen LogP contribution in [0.1, 0.15) is 37.7 Å². The average Bonchev–Trinajstić information content (AvgIpc) is 3.20. The van der Waals surface area contributed by atoms with Gasteiger partial charge in [0, 0.05) is 24.8 Å². The lowest BCUT2D eigenvalue weighted by Crippen LogP contribution is -2.39. The summed E-state index contributed by atoms with van der Waals surface area (Å²) in [5.41, 5.74) is 4.94. The van der Waals surface area contributed by atoms with Crippen LogP contribution in [0.2, 0.25) is 0 Å². The Labute approximate surface area is 136 Å².